The Bertz CT molecular complexity index is 955. The minimum Gasteiger partial charge on any atom is -0.340 e. The molecule has 3 aromatic rings. The number of nitrogens with zero attached hydrogens (tertiary/aromatic N) is 3. The lowest BCUT2D eigenvalue weighted by atomic mass is 10.0. The van der Waals surface area contributed by atoms with E-state index in [1.165, 1.54) is 0 Å². The van der Waals surface area contributed by atoms with Crippen LogP contribution in [-0.4, -0.2) is 20.6 Å². The Morgan fingerprint density at radius 3 is 2.42 bits per heavy atom. The summed E-state index contributed by atoms with van der Waals surface area (Å²) in [6.45, 7) is 9.35. The molecule has 0 aliphatic rings. The summed E-state index contributed by atoms with van der Waals surface area (Å²) in [5.74, 6) is 0.745. The Kier molecular flexibility index (Phi) is 4.75. The van der Waals surface area contributed by atoms with Crippen LogP contribution in [0.3, 0.4) is 0 Å². The molecule has 0 radical (unpaired) electrons. The second-order valence-electron chi connectivity index (χ2n) is 6.81. The van der Waals surface area contributed by atoms with Crippen LogP contribution < -0.4 is 5.32 Å². The van der Waals surface area contributed by atoms with E-state index in [4.69, 9.17) is 4.52 Å². The standard InChI is InChI=1S/C19H21BrN4O2/c1-11-10-16(12(2)24(11)15-8-6-14(20)7-9-15)17(25)22-19(4,5)18-21-13(3)26-23-18/h6-10H,1-5H3,(H,22,25). The maximum Gasteiger partial charge on any atom is 0.253 e. The molecular formula is C19H21BrN4O2. The summed E-state index contributed by atoms with van der Waals surface area (Å²) in [6.07, 6.45) is 0. The van der Waals surface area contributed by atoms with Gasteiger partial charge in [0.2, 0.25) is 5.89 Å². The van der Waals surface area contributed by atoms with Gasteiger partial charge in [0.1, 0.15) is 0 Å². The van der Waals surface area contributed by atoms with Gasteiger partial charge in [-0.3, -0.25) is 4.79 Å². The van der Waals surface area contributed by atoms with Gasteiger partial charge < -0.3 is 14.4 Å². The van der Waals surface area contributed by atoms with Crippen molar-refractivity contribution in [2.75, 3.05) is 0 Å². The number of amides is 1. The molecule has 1 amide bonds. The molecule has 0 bridgehead atoms. The number of rotatable bonds is 4. The number of hydrogen-bond donors (Lipinski definition) is 1. The van der Waals surface area contributed by atoms with E-state index in [9.17, 15) is 4.79 Å². The molecule has 0 spiro atoms. The number of nitrogens with one attached hydrogen (secondary N) is 1. The first-order valence-electron chi connectivity index (χ1n) is 8.27. The predicted molar refractivity (Wildman–Crippen MR) is 102 cm³/mol. The van der Waals surface area contributed by atoms with Gasteiger partial charge in [0.15, 0.2) is 5.82 Å². The minimum atomic E-state index is -0.741. The van der Waals surface area contributed by atoms with Gasteiger partial charge >= 0.3 is 0 Å². The third kappa shape index (κ3) is 3.44. The van der Waals surface area contributed by atoms with E-state index in [1.807, 2.05) is 58.0 Å². The number of hydrogen-bond acceptors (Lipinski definition) is 4. The lowest BCUT2D eigenvalue weighted by Crippen LogP contribution is -2.42. The molecule has 0 unspecified atom stereocenters. The van der Waals surface area contributed by atoms with Crippen LogP contribution in [0.4, 0.5) is 0 Å². The minimum absolute atomic E-state index is 0.172. The van der Waals surface area contributed by atoms with Crippen molar-refractivity contribution in [3.05, 3.63) is 63.5 Å². The first-order chi connectivity index (χ1) is 12.2. The molecule has 136 valence electrons. The number of aromatic nitrogens is 3. The van der Waals surface area contributed by atoms with Crippen molar-refractivity contribution in [3.8, 4) is 5.69 Å². The highest BCUT2D eigenvalue weighted by atomic mass is 79.9. The number of aryl methyl sites for hydroxylation is 2. The lowest BCUT2D eigenvalue weighted by molar-refractivity contribution is 0.0907. The van der Waals surface area contributed by atoms with Crippen molar-refractivity contribution in [3.63, 3.8) is 0 Å². The largest absolute Gasteiger partial charge is 0.340 e. The molecule has 2 heterocycles. The normalized spacial score (nSPS) is 11.6. The van der Waals surface area contributed by atoms with Gasteiger partial charge in [-0.1, -0.05) is 21.1 Å². The molecular weight excluding hydrogens is 396 g/mol. The summed E-state index contributed by atoms with van der Waals surface area (Å²) in [7, 11) is 0. The zero-order chi connectivity index (χ0) is 19.1. The van der Waals surface area contributed by atoms with Crippen molar-refractivity contribution in [1.29, 1.82) is 0 Å². The average molecular weight is 417 g/mol. The first kappa shape index (κ1) is 18.4. The van der Waals surface area contributed by atoms with Crippen molar-refractivity contribution < 1.29 is 9.32 Å². The second kappa shape index (κ2) is 6.72. The quantitative estimate of drug-likeness (QED) is 0.690. The molecule has 0 fully saturated rings. The Morgan fingerprint density at radius 1 is 1.19 bits per heavy atom. The molecule has 0 saturated heterocycles. The molecule has 3 rings (SSSR count). The summed E-state index contributed by atoms with van der Waals surface area (Å²) in [5.41, 5.74) is 2.76. The highest BCUT2D eigenvalue weighted by Crippen LogP contribution is 2.24. The van der Waals surface area contributed by atoms with Crippen LogP contribution in [0.25, 0.3) is 5.69 Å². The van der Waals surface area contributed by atoms with E-state index in [0.29, 0.717) is 17.3 Å². The Balaban J connectivity index is 1.91. The number of halogens is 1. The third-order valence-corrected chi connectivity index (χ3v) is 4.80. The van der Waals surface area contributed by atoms with Crippen molar-refractivity contribution in [2.45, 2.75) is 40.2 Å². The average Bonchev–Trinajstić information content (AvgIpc) is 3.12. The Morgan fingerprint density at radius 2 is 1.85 bits per heavy atom. The topological polar surface area (TPSA) is 73.0 Å². The predicted octanol–water partition coefficient (Wildman–Crippen LogP) is 4.21. The van der Waals surface area contributed by atoms with Crippen LogP contribution in [0.15, 0.2) is 39.3 Å². The SMILES string of the molecule is Cc1nc(C(C)(C)NC(=O)c2cc(C)n(-c3ccc(Br)cc3)c2C)no1. The summed E-state index contributed by atoms with van der Waals surface area (Å²) in [5, 5.41) is 6.92. The van der Waals surface area contributed by atoms with Crippen molar-refractivity contribution in [2.24, 2.45) is 0 Å². The number of carbonyl (C=O) groups excluding carboxylic acids is 1. The van der Waals surface area contributed by atoms with E-state index in [2.05, 4.69) is 36.0 Å². The van der Waals surface area contributed by atoms with Crippen LogP contribution in [-0.2, 0) is 5.54 Å². The maximum absolute atomic E-state index is 12.9. The van der Waals surface area contributed by atoms with Crippen LogP contribution >= 0.6 is 15.9 Å². The fourth-order valence-corrected chi connectivity index (χ4v) is 3.20. The maximum atomic E-state index is 12.9. The van der Waals surface area contributed by atoms with Gasteiger partial charge in [0.25, 0.3) is 5.91 Å². The summed E-state index contributed by atoms with van der Waals surface area (Å²) < 4.78 is 8.11. The Hall–Kier alpha value is -2.41. The van der Waals surface area contributed by atoms with Gasteiger partial charge in [-0.05, 0) is 58.0 Å². The van der Waals surface area contributed by atoms with Gasteiger partial charge in [-0.25, -0.2) is 0 Å². The third-order valence-electron chi connectivity index (χ3n) is 4.27. The highest BCUT2D eigenvalue weighted by molar-refractivity contribution is 9.10. The van der Waals surface area contributed by atoms with Crippen LogP contribution in [0.1, 0.15) is 47.3 Å². The molecule has 2 aromatic heterocycles. The summed E-state index contributed by atoms with van der Waals surface area (Å²) in [6, 6.07) is 9.88. The molecule has 0 aliphatic heterocycles. The molecule has 1 N–H and O–H groups in total. The van der Waals surface area contributed by atoms with Gasteiger partial charge in [-0.15, -0.1) is 0 Å². The van der Waals surface area contributed by atoms with E-state index < -0.39 is 5.54 Å². The number of benzene rings is 1. The second-order valence-corrected chi connectivity index (χ2v) is 7.73. The summed E-state index contributed by atoms with van der Waals surface area (Å²) in [4.78, 5) is 17.1. The van der Waals surface area contributed by atoms with E-state index >= 15 is 0 Å². The van der Waals surface area contributed by atoms with Gasteiger partial charge in [0, 0.05) is 28.5 Å². The van der Waals surface area contributed by atoms with Gasteiger partial charge in [-0.2, -0.15) is 4.98 Å². The molecule has 26 heavy (non-hydrogen) atoms. The fourth-order valence-electron chi connectivity index (χ4n) is 2.94. The van der Waals surface area contributed by atoms with Gasteiger partial charge in [0.05, 0.1) is 11.1 Å². The van der Waals surface area contributed by atoms with Crippen molar-refractivity contribution in [1.82, 2.24) is 20.0 Å². The molecule has 1 aromatic carbocycles. The van der Waals surface area contributed by atoms with E-state index in [0.717, 1.165) is 21.5 Å². The first-order valence-corrected chi connectivity index (χ1v) is 9.06. The molecule has 7 heteroatoms. The molecule has 0 saturated carbocycles. The summed E-state index contributed by atoms with van der Waals surface area (Å²) >= 11 is 3.45. The number of carbonyl (C=O) groups is 1. The van der Waals surface area contributed by atoms with E-state index in [-0.39, 0.29) is 5.91 Å². The van der Waals surface area contributed by atoms with Crippen molar-refractivity contribution >= 4 is 21.8 Å². The Labute approximate surface area is 160 Å². The molecule has 0 aliphatic carbocycles. The fraction of sp³-hybridized carbons (Fsp3) is 0.316. The van der Waals surface area contributed by atoms with E-state index in [1.54, 1.807) is 6.92 Å². The van der Waals surface area contributed by atoms with Crippen LogP contribution in [0.5, 0.6) is 0 Å². The van der Waals surface area contributed by atoms with Crippen LogP contribution in [0.2, 0.25) is 0 Å². The molecule has 6 nitrogen and oxygen atoms in total. The smallest absolute Gasteiger partial charge is 0.253 e. The zero-order valence-electron chi connectivity index (χ0n) is 15.4. The molecule has 0 atom stereocenters. The highest BCUT2D eigenvalue weighted by Gasteiger charge is 2.30. The van der Waals surface area contributed by atoms with Crippen LogP contribution in [0, 0.1) is 20.8 Å². The monoisotopic (exact) mass is 416 g/mol. The lowest BCUT2D eigenvalue weighted by Gasteiger charge is -2.22. The zero-order valence-corrected chi connectivity index (χ0v) is 17.0.